The fourth-order valence-electron chi connectivity index (χ4n) is 4.12. The maximum absolute atomic E-state index is 12.6. The SMILES string of the molecule is CCCOC(=O)C1CCN(C(=O)OCC2c3ccccc3-c3ccccc32)C1. The number of benzene rings is 2. The zero-order valence-corrected chi connectivity index (χ0v) is 16.1. The van der Waals surface area contributed by atoms with Gasteiger partial charge in [-0.15, -0.1) is 0 Å². The fraction of sp³-hybridized carbons (Fsp3) is 0.391. The number of amides is 1. The molecule has 5 nitrogen and oxygen atoms in total. The van der Waals surface area contributed by atoms with Gasteiger partial charge < -0.3 is 14.4 Å². The Bertz CT molecular complexity index is 833. The second-order valence-electron chi connectivity index (χ2n) is 7.40. The second kappa shape index (κ2) is 8.05. The van der Waals surface area contributed by atoms with Crippen LogP contribution >= 0.6 is 0 Å². The predicted octanol–water partition coefficient (Wildman–Crippen LogP) is 4.21. The number of likely N-dealkylation sites (tertiary alicyclic amines) is 1. The lowest BCUT2D eigenvalue weighted by Gasteiger charge is -2.19. The van der Waals surface area contributed by atoms with Crippen molar-refractivity contribution in [3.05, 3.63) is 59.7 Å². The van der Waals surface area contributed by atoms with Crippen LogP contribution in [0.25, 0.3) is 11.1 Å². The molecule has 0 radical (unpaired) electrons. The summed E-state index contributed by atoms with van der Waals surface area (Å²) in [6, 6.07) is 16.5. The molecule has 0 N–H and O–H groups in total. The third-order valence-electron chi connectivity index (χ3n) is 5.56. The Morgan fingerprint density at radius 2 is 1.64 bits per heavy atom. The van der Waals surface area contributed by atoms with Crippen molar-refractivity contribution in [3.8, 4) is 11.1 Å². The number of nitrogens with zero attached hydrogens (tertiary/aromatic N) is 1. The lowest BCUT2D eigenvalue weighted by molar-refractivity contribution is -0.148. The molecule has 1 saturated heterocycles. The molecule has 0 spiro atoms. The number of rotatable bonds is 5. The molecular weight excluding hydrogens is 354 g/mol. The lowest BCUT2D eigenvalue weighted by Crippen LogP contribution is -2.32. The van der Waals surface area contributed by atoms with E-state index >= 15 is 0 Å². The number of esters is 1. The second-order valence-corrected chi connectivity index (χ2v) is 7.40. The van der Waals surface area contributed by atoms with Crippen molar-refractivity contribution in [2.75, 3.05) is 26.3 Å². The summed E-state index contributed by atoms with van der Waals surface area (Å²) in [7, 11) is 0. The summed E-state index contributed by atoms with van der Waals surface area (Å²) in [5, 5.41) is 0. The summed E-state index contributed by atoms with van der Waals surface area (Å²) in [5.74, 6) is -0.410. The Morgan fingerprint density at radius 1 is 1.00 bits per heavy atom. The predicted molar refractivity (Wildman–Crippen MR) is 106 cm³/mol. The van der Waals surface area contributed by atoms with Gasteiger partial charge >= 0.3 is 12.1 Å². The fourth-order valence-corrected chi connectivity index (χ4v) is 4.12. The molecule has 5 heteroatoms. The van der Waals surface area contributed by atoms with E-state index in [-0.39, 0.29) is 23.9 Å². The molecule has 1 unspecified atom stereocenters. The highest BCUT2D eigenvalue weighted by atomic mass is 16.6. The van der Waals surface area contributed by atoms with E-state index in [0.29, 0.717) is 32.7 Å². The molecule has 1 heterocycles. The van der Waals surface area contributed by atoms with Crippen LogP contribution in [0.15, 0.2) is 48.5 Å². The summed E-state index contributed by atoms with van der Waals surface area (Å²) >= 11 is 0. The molecule has 28 heavy (non-hydrogen) atoms. The molecule has 146 valence electrons. The average Bonchev–Trinajstić information content (AvgIpc) is 3.34. The minimum absolute atomic E-state index is 0.0456. The molecule has 1 atom stereocenters. The van der Waals surface area contributed by atoms with Gasteiger partial charge in [0.25, 0.3) is 0 Å². The molecule has 0 saturated carbocycles. The van der Waals surface area contributed by atoms with Gasteiger partial charge in [-0.2, -0.15) is 0 Å². The van der Waals surface area contributed by atoms with Crippen molar-refractivity contribution in [3.63, 3.8) is 0 Å². The molecule has 2 aromatic carbocycles. The van der Waals surface area contributed by atoms with Crippen LogP contribution < -0.4 is 0 Å². The normalized spacial score (nSPS) is 17.9. The van der Waals surface area contributed by atoms with E-state index in [2.05, 4.69) is 24.3 Å². The van der Waals surface area contributed by atoms with Crippen LogP contribution in [0.1, 0.15) is 36.8 Å². The highest BCUT2D eigenvalue weighted by Crippen LogP contribution is 2.44. The van der Waals surface area contributed by atoms with E-state index in [9.17, 15) is 9.59 Å². The zero-order valence-electron chi connectivity index (χ0n) is 16.1. The number of hydrogen-bond acceptors (Lipinski definition) is 4. The molecule has 2 aliphatic rings. The van der Waals surface area contributed by atoms with Crippen LogP contribution in [0.4, 0.5) is 4.79 Å². The first-order chi connectivity index (χ1) is 13.7. The highest BCUT2D eigenvalue weighted by Gasteiger charge is 2.34. The third kappa shape index (κ3) is 3.49. The van der Waals surface area contributed by atoms with E-state index in [1.165, 1.54) is 22.3 Å². The average molecular weight is 379 g/mol. The van der Waals surface area contributed by atoms with Crippen LogP contribution in [0.5, 0.6) is 0 Å². The molecule has 0 aromatic heterocycles. The molecule has 1 fully saturated rings. The van der Waals surface area contributed by atoms with Crippen molar-refractivity contribution < 1.29 is 19.1 Å². The summed E-state index contributed by atoms with van der Waals surface area (Å²) in [4.78, 5) is 26.2. The topological polar surface area (TPSA) is 55.8 Å². The zero-order chi connectivity index (χ0) is 19.5. The molecular formula is C23H25NO4. The van der Waals surface area contributed by atoms with Gasteiger partial charge in [0.05, 0.1) is 12.5 Å². The van der Waals surface area contributed by atoms with Gasteiger partial charge in [0, 0.05) is 19.0 Å². The van der Waals surface area contributed by atoms with Crippen LogP contribution in [0.2, 0.25) is 0 Å². The summed E-state index contributed by atoms with van der Waals surface area (Å²) < 4.78 is 10.9. The van der Waals surface area contributed by atoms with Gasteiger partial charge in [-0.05, 0) is 35.1 Å². The van der Waals surface area contributed by atoms with Gasteiger partial charge in [0.1, 0.15) is 6.61 Å². The minimum atomic E-state index is -0.354. The Kier molecular flexibility index (Phi) is 5.33. The first-order valence-corrected chi connectivity index (χ1v) is 9.95. The first-order valence-electron chi connectivity index (χ1n) is 9.95. The lowest BCUT2D eigenvalue weighted by atomic mass is 9.98. The maximum atomic E-state index is 12.6. The van der Waals surface area contributed by atoms with Crippen molar-refractivity contribution >= 4 is 12.1 Å². The van der Waals surface area contributed by atoms with Crippen molar-refractivity contribution in [2.45, 2.75) is 25.7 Å². The van der Waals surface area contributed by atoms with Gasteiger partial charge in [-0.1, -0.05) is 55.5 Å². The highest BCUT2D eigenvalue weighted by molar-refractivity contribution is 5.79. The Labute approximate surface area is 165 Å². The smallest absolute Gasteiger partial charge is 0.409 e. The van der Waals surface area contributed by atoms with Crippen LogP contribution in [-0.2, 0) is 14.3 Å². The summed E-state index contributed by atoms with van der Waals surface area (Å²) in [6.07, 6.45) is 1.08. The van der Waals surface area contributed by atoms with E-state index in [1.54, 1.807) is 4.90 Å². The Morgan fingerprint density at radius 3 is 2.29 bits per heavy atom. The van der Waals surface area contributed by atoms with E-state index in [0.717, 1.165) is 6.42 Å². The number of ether oxygens (including phenoxy) is 2. The van der Waals surface area contributed by atoms with E-state index in [1.807, 2.05) is 31.2 Å². The first kappa shape index (κ1) is 18.5. The van der Waals surface area contributed by atoms with Crippen molar-refractivity contribution in [1.29, 1.82) is 0 Å². The molecule has 0 bridgehead atoms. The maximum Gasteiger partial charge on any atom is 0.409 e. The van der Waals surface area contributed by atoms with Crippen molar-refractivity contribution in [2.24, 2.45) is 5.92 Å². The summed E-state index contributed by atoms with van der Waals surface area (Å²) in [5.41, 5.74) is 4.80. The van der Waals surface area contributed by atoms with Gasteiger partial charge in [-0.3, -0.25) is 4.79 Å². The Balaban J connectivity index is 1.39. The molecule has 4 rings (SSSR count). The van der Waals surface area contributed by atoms with Gasteiger partial charge in [0.15, 0.2) is 0 Å². The standard InChI is InChI=1S/C23H25NO4/c1-2-13-27-22(25)16-11-12-24(14-16)23(26)28-15-21-19-9-5-3-7-17(19)18-8-4-6-10-20(18)21/h3-10,16,21H,2,11-15H2,1H3. The minimum Gasteiger partial charge on any atom is -0.465 e. The largest absolute Gasteiger partial charge is 0.465 e. The number of fused-ring (bicyclic) bond motifs is 3. The molecule has 2 aromatic rings. The third-order valence-corrected chi connectivity index (χ3v) is 5.56. The van der Waals surface area contributed by atoms with Gasteiger partial charge in [0.2, 0.25) is 0 Å². The number of carbonyl (C=O) groups is 2. The molecule has 1 aliphatic heterocycles. The monoisotopic (exact) mass is 379 g/mol. The van der Waals surface area contributed by atoms with E-state index < -0.39 is 0 Å². The molecule has 1 aliphatic carbocycles. The van der Waals surface area contributed by atoms with E-state index in [4.69, 9.17) is 9.47 Å². The van der Waals surface area contributed by atoms with Crippen LogP contribution in [0, 0.1) is 5.92 Å². The molecule has 1 amide bonds. The quantitative estimate of drug-likeness (QED) is 0.730. The summed E-state index contributed by atoms with van der Waals surface area (Å²) in [6.45, 7) is 3.60. The number of carbonyl (C=O) groups excluding carboxylic acids is 2. The van der Waals surface area contributed by atoms with Gasteiger partial charge in [-0.25, -0.2) is 4.79 Å². The van der Waals surface area contributed by atoms with Crippen LogP contribution in [0.3, 0.4) is 0 Å². The van der Waals surface area contributed by atoms with Crippen LogP contribution in [-0.4, -0.2) is 43.3 Å². The number of hydrogen-bond donors (Lipinski definition) is 0. The van der Waals surface area contributed by atoms with Crippen molar-refractivity contribution in [1.82, 2.24) is 4.90 Å². The Hall–Kier alpha value is -2.82.